The molecule has 0 saturated heterocycles. The summed E-state index contributed by atoms with van der Waals surface area (Å²) < 4.78 is 10.6. The topological polar surface area (TPSA) is 55.8 Å². The molecule has 1 unspecified atom stereocenters. The lowest BCUT2D eigenvalue weighted by Gasteiger charge is -2.27. The van der Waals surface area contributed by atoms with Crippen LogP contribution in [0.3, 0.4) is 0 Å². The molecular weight excluding hydrogens is 232 g/mol. The van der Waals surface area contributed by atoms with Gasteiger partial charge in [0, 0.05) is 13.0 Å². The Morgan fingerprint density at radius 1 is 1.22 bits per heavy atom. The fraction of sp³-hybridized carbons (Fsp3) is 0.500. The van der Waals surface area contributed by atoms with E-state index in [9.17, 15) is 9.90 Å². The van der Waals surface area contributed by atoms with E-state index >= 15 is 0 Å². The molecule has 0 aliphatic carbocycles. The van der Waals surface area contributed by atoms with Gasteiger partial charge in [-0.3, -0.25) is 0 Å². The third-order valence-corrected chi connectivity index (χ3v) is 2.65. The molecule has 1 aromatic carbocycles. The molecule has 4 heteroatoms. The average Bonchev–Trinajstić information content (AvgIpc) is 2.33. The highest BCUT2D eigenvalue weighted by atomic mass is 16.6. The highest BCUT2D eigenvalue weighted by Crippen LogP contribution is 2.21. The molecule has 0 aliphatic heterocycles. The normalized spacial score (nSPS) is 13.9. The van der Waals surface area contributed by atoms with Crippen molar-refractivity contribution in [2.45, 2.75) is 32.8 Å². The van der Waals surface area contributed by atoms with Gasteiger partial charge in [0.15, 0.2) is 5.60 Å². The summed E-state index contributed by atoms with van der Waals surface area (Å²) in [6.45, 7) is 6.10. The van der Waals surface area contributed by atoms with Gasteiger partial charge in [-0.15, -0.1) is 0 Å². The van der Waals surface area contributed by atoms with Crippen LogP contribution < -0.4 is 0 Å². The number of esters is 1. The summed E-state index contributed by atoms with van der Waals surface area (Å²) in [4.78, 5) is 11.9. The third-order valence-electron chi connectivity index (χ3n) is 2.65. The van der Waals surface area contributed by atoms with E-state index in [-0.39, 0.29) is 11.7 Å². The van der Waals surface area contributed by atoms with Crippen LogP contribution in [0.4, 0.5) is 0 Å². The van der Waals surface area contributed by atoms with E-state index in [4.69, 9.17) is 9.47 Å². The smallest absolute Gasteiger partial charge is 0.338 e. The Balaban J connectivity index is 2.84. The van der Waals surface area contributed by atoms with Crippen molar-refractivity contribution in [2.75, 3.05) is 13.2 Å². The van der Waals surface area contributed by atoms with Crippen molar-refractivity contribution in [3.63, 3.8) is 0 Å². The summed E-state index contributed by atoms with van der Waals surface area (Å²) in [5.41, 5.74) is -0.0707. The second kappa shape index (κ2) is 6.40. The Morgan fingerprint density at radius 2 is 1.83 bits per heavy atom. The first-order chi connectivity index (χ1) is 8.51. The van der Waals surface area contributed by atoms with Crippen molar-refractivity contribution in [2.24, 2.45) is 0 Å². The summed E-state index contributed by atoms with van der Waals surface area (Å²) in [6, 6.07) is 6.72. The molecule has 1 rings (SSSR count). The zero-order valence-corrected chi connectivity index (χ0v) is 11.1. The zero-order valence-electron chi connectivity index (χ0n) is 11.1. The number of hydrogen-bond donors (Lipinski definition) is 1. The Hall–Kier alpha value is -1.55. The highest BCUT2D eigenvalue weighted by Gasteiger charge is 2.35. The van der Waals surface area contributed by atoms with Crippen molar-refractivity contribution in [3.05, 3.63) is 29.8 Å². The summed E-state index contributed by atoms with van der Waals surface area (Å²) in [5, 5.41) is 9.23. The molecule has 4 nitrogen and oxygen atoms in total. The van der Waals surface area contributed by atoms with Gasteiger partial charge >= 0.3 is 5.97 Å². The van der Waals surface area contributed by atoms with Crippen LogP contribution in [0, 0.1) is 0 Å². The van der Waals surface area contributed by atoms with Crippen molar-refractivity contribution < 1.29 is 19.4 Å². The fourth-order valence-electron chi connectivity index (χ4n) is 1.79. The minimum absolute atomic E-state index is 0.202. The van der Waals surface area contributed by atoms with Crippen LogP contribution >= 0.6 is 0 Å². The molecule has 1 N–H and O–H groups in total. The van der Waals surface area contributed by atoms with Gasteiger partial charge < -0.3 is 14.6 Å². The van der Waals surface area contributed by atoms with E-state index < -0.39 is 5.60 Å². The van der Waals surface area contributed by atoms with Gasteiger partial charge in [0.2, 0.25) is 0 Å². The van der Waals surface area contributed by atoms with Gasteiger partial charge in [-0.1, -0.05) is 12.1 Å². The predicted octanol–water partition coefficient (Wildman–Crippen LogP) is 2.29. The molecule has 0 amide bonds. The van der Waals surface area contributed by atoms with Crippen molar-refractivity contribution in [1.82, 2.24) is 0 Å². The average molecular weight is 252 g/mol. The van der Waals surface area contributed by atoms with E-state index in [1.165, 1.54) is 0 Å². The first-order valence-corrected chi connectivity index (χ1v) is 6.11. The van der Waals surface area contributed by atoms with E-state index in [1.807, 2.05) is 6.92 Å². The molecule has 0 saturated carbocycles. The van der Waals surface area contributed by atoms with Crippen LogP contribution in [0.1, 0.15) is 26.3 Å². The number of carbonyl (C=O) groups is 1. The third kappa shape index (κ3) is 3.74. The molecular formula is C14H20O4. The number of benzene rings is 1. The van der Waals surface area contributed by atoms with Crippen LogP contribution in [-0.2, 0) is 20.7 Å². The maximum absolute atomic E-state index is 11.9. The van der Waals surface area contributed by atoms with Gasteiger partial charge in [0.05, 0.1) is 6.61 Å². The number of aromatic hydroxyl groups is 1. The molecule has 100 valence electrons. The lowest BCUT2D eigenvalue weighted by molar-refractivity contribution is -0.169. The zero-order chi connectivity index (χ0) is 13.6. The van der Waals surface area contributed by atoms with E-state index in [0.29, 0.717) is 19.6 Å². The monoisotopic (exact) mass is 252 g/mol. The van der Waals surface area contributed by atoms with Crippen LogP contribution in [-0.4, -0.2) is 29.9 Å². The van der Waals surface area contributed by atoms with Crippen LogP contribution in [0.2, 0.25) is 0 Å². The number of hydrogen-bond acceptors (Lipinski definition) is 4. The Labute approximate surface area is 108 Å². The first kappa shape index (κ1) is 14.5. The molecule has 0 fully saturated rings. The predicted molar refractivity (Wildman–Crippen MR) is 68.5 cm³/mol. The van der Waals surface area contributed by atoms with Gasteiger partial charge in [-0.05, 0) is 38.5 Å². The Morgan fingerprint density at radius 3 is 2.33 bits per heavy atom. The Bertz CT molecular complexity index is 385. The fourth-order valence-corrected chi connectivity index (χ4v) is 1.79. The van der Waals surface area contributed by atoms with Gasteiger partial charge in [0.1, 0.15) is 5.75 Å². The Kier molecular flexibility index (Phi) is 5.16. The number of rotatable bonds is 6. The maximum atomic E-state index is 11.9. The lowest BCUT2D eigenvalue weighted by atomic mass is 9.96. The van der Waals surface area contributed by atoms with Gasteiger partial charge in [0.25, 0.3) is 0 Å². The van der Waals surface area contributed by atoms with E-state index in [1.54, 1.807) is 38.1 Å². The molecule has 0 radical (unpaired) electrons. The number of carbonyl (C=O) groups excluding carboxylic acids is 1. The minimum Gasteiger partial charge on any atom is -0.508 e. The van der Waals surface area contributed by atoms with Gasteiger partial charge in [-0.2, -0.15) is 0 Å². The first-order valence-electron chi connectivity index (χ1n) is 6.11. The quantitative estimate of drug-likeness (QED) is 0.789. The minimum atomic E-state index is -0.984. The van der Waals surface area contributed by atoms with Crippen molar-refractivity contribution in [1.29, 1.82) is 0 Å². The van der Waals surface area contributed by atoms with Crippen LogP contribution in [0.25, 0.3) is 0 Å². The largest absolute Gasteiger partial charge is 0.508 e. The molecule has 0 bridgehead atoms. The second-order valence-electron chi connectivity index (χ2n) is 4.23. The maximum Gasteiger partial charge on any atom is 0.338 e. The van der Waals surface area contributed by atoms with Crippen molar-refractivity contribution in [3.8, 4) is 5.75 Å². The highest BCUT2D eigenvalue weighted by molar-refractivity contribution is 5.79. The molecule has 1 atom stereocenters. The summed E-state index contributed by atoms with van der Waals surface area (Å²) in [5.74, 6) is -0.159. The van der Waals surface area contributed by atoms with Crippen LogP contribution in [0.5, 0.6) is 5.75 Å². The molecule has 0 aliphatic rings. The second-order valence-corrected chi connectivity index (χ2v) is 4.23. The lowest BCUT2D eigenvalue weighted by Crippen LogP contribution is -2.42. The SMILES string of the molecule is CCOC(=O)C(C)(Cc1ccc(O)cc1)OCC. The van der Waals surface area contributed by atoms with Gasteiger partial charge in [-0.25, -0.2) is 4.79 Å². The van der Waals surface area contributed by atoms with Crippen LogP contribution in [0.15, 0.2) is 24.3 Å². The molecule has 0 heterocycles. The number of ether oxygens (including phenoxy) is 2. The molecule has 0 spiro atoms. The number of phenolic OH excluding ortho intramolecular Hbond substituents is 1. The standard InChI is InChI=1S/C14H20O4/c1-4-17-13(16)14(3,18-5-2)10-11-6-8-12(15)9-7-11/h6-9,15H,4-5,10H2,1-3H3. The van der Waals surface area contributed by atoms with E-state index in [0.717, 1.165) is 5.56 Å². The van der Waals surface area contributed by atoms with E-state index in [2.05, 4.69) is 0 Å². The number of phenols is 1. The summed E-state index contributed by atoms with van der Waals surface area (Å²) in [6.07, 6.45) is 0.417. The molecule has 18 heavy (non-hydrogen) atoms. The molecule has 0 aromatic heterocycles. The van der Waals surface area contributed by atoms with Crippen molar-refractivity contribution >= 4 is 5.97 Å². The summed E-state index contributed by atoms with van der Waals surface area (Å²) >= 11 is 0. The molecule has 1 aromatic rings. The summed E-state index contributed by atoms with van der Waals surface area (Å²) in [7, 11) is 0.